The molecule has 42 heavy (non-hydrogen) atoms. The molecule has 7 rings (SSSR count). The van der Waals surface area contributed by atoms with Crippen LogP contribution in [0.3, 0.4) is 0 Å². The van der Waals surface area contributed by atoms with Crippen molar-refractivity contribution in [1.82, 2.24) is 9.97 Å². The van der Waals surface area contributed by atoms with Crippen molar-refractivity contribution >= 4 is 21.5 Å². The first kappa shape index (κ1) is 29.1. The molecule has 0 amide bonds. The van der Waals surface area contributed by atoms with E-state index in [0.717, 1.165) is 28.1 Å². The van der Waals surface area contributed by atoms with Gasteiger partial charge in [0.1, 0.15) is 0 Å². The largest absolute Gasteiger partial charge is 0.304 e. The number of hydrogen-bond acceptors (Lipinski definition) is 2. The third kappa shape index (κ3) is 6.23. The van der Waals surface area contributed by atoms with E-state index in [1.54, 1.807) is 0 Å². The van der Waals surface area contributed by atoms with Crippen LogP contribution in [0.25, 0.3) is 55.2 Å². The van der Waals surface area contributed by atoms with Crippen LogP contribution in [0.2, 0.25) is 0 Å². The Labute approximate surface area is 261 Å². The van der Waals surface area contributed by atoms with Crippen LogP contribution in [0.4, 0.5) is 0 Å². The quantitative estimate of drug-likeness (QED) is 0.134. The predicted octanol–water partition coefficient (Wildman–Crippen LogP) is 9.99. The van der Waals surface area contributed by atoms with Crippen molar-refractivity contribution in [2.75, 3.05) is 0 Å². The minimum absolute atomic E-state index is 0. The standard InChI is InChI=1S/C26H18N.C13H12N.Ir/c1-18-7-6-16-27-26(18)20-14-12-19(13-15-20)25-17-21-8-2-3-9-22(21)23-10-4-5-11-24(23)25;1-10-3-6-12(7-4-10)13-8-5-11(2)9-14-13;/h2-14,16-17H,1H3;3-6,8-9H,1-2H3;/q2*-1;. The van der Waals surface area contributed by atoms with Crippen molar-refractivity contribution in [3.8, 4) is 33.6 Å². The molecule has 3 heteroatoms. The molecule has 0 aliphatic rings. The van der Waals surface area contributed by atoms with E-state index in [1.165, 1.54) is 43.8 Å². The molecule has 0 aliphatic carbocycles. The smallest absolute Gasteiger partial charge is 0.0190 e. The van der Waals surface area contributed by atoms with Gasteiger partial charge in [-0.15, -0.1) is 65.2 Å². The molecule has 0 bridgehead atoms. The van der Waals surface area contributed by atoms with Crippen molar-refractivity contribution in [3.05, 3.63) is 156 Å². The number of fused-ring (bicyclic) bond motifs is 3. The second-order valence-electron chi connectivity index (χ2n) is 10.4. The number of benzene rings is 5. The molecule has 0 N–H and O–H groups in total. The summed E-state index contributed by atoms with van der Waals surface area (Å²) in [7, 11) is 0. The van der Waals surface area contributed by atoms with Crippen molar-refractivity contribution in [3.63, 3.8) is 0 Å². The van der Waals surface area contributed by atoms with E-state index >= 15 is 0 Å². The summed E-state index contributed by atoms with van der Waals surface area (Å²) < 4.78 is 0. The maximum absolute atomic E-state index is 4.51. The molecule has 2 aromatic heterocycles. The second kappa shape index (κ2) is 13.0. The summed E-state index contributed by atoms with van der Waals surface area (Å²) in [6.45, 7) is 6.18. The minimum Gasteiger partial charge on any atom is -0.304 e. The Hall–Kier alpha value is -4.43. The first-order chi connectivity index (χ1) is 20.1. The van der Waals surface area contributed by atoms with E-state index in [-0.39, 0.29) is 20.1 Å². The van der Waals surface area contributed by atoms with Crippen LogP contribution in [0.1, 0.15) is 16.7 Å². The van der Waals surface area contributed by atoms with E-state index in [4.69, 9.17) is 0 Å². The predicted molar refractivity (Wildman–Crippen MR) is 172 cm³/mol. The number of aryl methyl sites for hydroxylation is 3. The molecule has 2 nitrogen and oxygen atoms in total. The zero-order chi connectivity index (χ0) is 28.2. The Morgan fingerprint density at radius 2 is 1.29 bits per heavy atom. The maximum atomic E-state index is 4.51. The maximum Gasteiger partial charge on any atom is 0.0190 e. The molecule has 0 saturated heterocycles. The first-order valence-electron chi connectivity index (χ1n) is 13.8. The van der Waals surface area contributed by atoms with Crippen LogP contribution in [-0.2, 0) is 20.1 Å². The fourth-order valence-corrected chi connectivity index (χ4v) is 5.09. The van der Waals surface area contributed by atoms with Gasteiger partial charge in [-0.2, -0.15) is 0 Å². The minimum atomic E-state index is 0. The zero-order valence-electron chi connectivity index (χ0n) is 23.9. The van der Waals surface area contributed by atoms with Crippen molar-refractivity contribution < 1.29 is 20.1 Å². The van der Waals surface area contributed by atoms with Gasteiger partial charge in [0.05, 0.1) is 0 Å². The van der Waals surface area contributed by atoms with E-state index in [2.05, 4.69) is 127 Å². The van der Waals surface area contributed by atoms with Gasteiger partial charge < -0.3 is 9.97 Å². The van der Waals surface area contributed by atoms with Gasteiger partial charge in [-0.1, -0.05) is 96.4 Å². The van der Waals surface area contributed by atoms with Crippen molar-refractivity contribution in [1.29, 1.82) is 0 Å². The summed E-state index contributed by atoms with van der Waals surface area (Å²) in [5.74, 6) is 0. The molecular formula is C39H30IrN2-2. The molecule has 0 unspecified atom stereocenters. The molecule has 0 spiro atoms. The van der Waals surface area contributed by atoms with E-state index in [0.29, 0.717) is 0 Å². The summed E-state index contributed by atoms with van der Waals surface area (Å²) in [5.41, 5.74) is 10.0. The second-order valence-corrected chi connectivity index (χ2v) is 10.4. The summed E-state index contributed by atoms with van der Waals surface area (Å²) in [6, 6.07) is 46.8. The number of pyridine rings is 2. The fourth-order valence-electron chi connectivity index (χ4n) is 5.09. The summed E-state index contributed by atoms with van der Waals surface area (Å²) in [5, 5.41) is 5.11. The summed E-state index contributed by atoms with van der Waals surface area (Å²) in [4.78, 5) is 8.86. The zero-order valence-corrected chi connectivity index (χ0v) is 26.2. The molecule has 207 valence electrons. The molecule has 1 radical (unpaired) electrons. The van der Waals surface area contributed by atoms with E-state index < -0.39 is 0 Å². The summed E-state index contributed by atoms with van der Waals surface area (Å²) >= 11 is 0. The van der Waals surface area contributed by atoms with Crippen LogP contribution in [0, 0.1) is 32.9 Å². The van der Waals surface area contributed by atoms with Crippen molar-refractivity contribution in [2.45, 2.75) is 20.8 Å². The Morgan fingerprint density at radius 1 is 0.571 bits per heavy atom. The Balaban J connectivity index is 0.000000200. The number of rotatable bonds is 3. The Bertz CT molecular complexity index is 1900. The molecular weight excluding hydrogens is 689 g/mol. The Kier molecular flexibility index (Phi) is 9.03. The molecule has 5 aromatic carbocycles. The summed E-state index contributed by atoms with van der Waals surface area (Å²) in [6.07, 6.45) is 3.71. The molecule has 0 saturated carbocycles. The number of nitrogens with zero attached hydrogens (tertiary/aromatic N) is 2. The van der Waals surface area contributed by atoms with Crippen LogP contribution >= 0.6 is 0 Å². The van der Waals surface area contributed by atoms with Gasteiger partial charge in [-0.3, -0.25) is 0 Å². The molecule has 2 heterocycles. The third-order valence-corrected chi connectivity index (χ3v) is 7.31. The number of hydrogen-bond donors (Lipinski definition) is 0. The average molecular weight is 719 g/mol. The monoisotopic (exact) mass is 719 g/mol. The van der Waals surface area contributed by atoms with Crippen LogP contribution in [0.5, 0.6) is 0 Å². The third-order valence-electron chi connectivity index (χ3n) is 7.31. The first-order valence-corrected chi connectivity index (χ1v) is 13.8. The van der Waals surface area contributed by atoms with Crippen LogP contribution in [0.15, 0.2) is 128 Å². The molecule has 7 aromatic rings. The number of aromatic nitrogens is 2. The topological polar surface area (TPSA) is 25.8 Å². The normalized spacial score (nSPS) is 10.5. The van der Waals surface area contributed by atoms with Gasteiger partial charge in [0.15, 0.2) is 0 Å². The average Bonchev–Trinajstić information content (AvgIpc) is 3.02. The van der Waals surface area contributed by atoms with E-state index in [1.807, 2.05) is 43.6 Å². The van der Waals surface area contributed by atoms with Gasteiger partial charge in [-0.25, -0.2) is 0 Å². The van der Waals surface area contributed by atoms with E-state index in [9.17, 15) is 0 Å². The van der Waals surface area contributed by atoms with Crippen LogP contribution < -0.4 is 0 Å². The molecule has 0 atom stereocenters. The molecule has 0 aliphatic heterocycles. The van der Waals surface area contributed by atoms with Gasteiger partial charge in [0, 0.05) is 32.5 Å². The van der Waals surface area contributed by atoms with Gasteiger partial charge >= 0.3 is 0 Å². The van der Waals surface area contributed by atoms with Gasteiger partial charge in [0.2, 0.25) is 0 Å². The molecule has 0 fully saturated rings. The fraction of sp³-hybridized carbons (Fsp3) is 0.0769. The van der Waals surface area contributed by atoms with Crippen molar-refractivity contribution in [2.24, 2.45) is 0 Å². The SMILES string of the molecule is Cc1c[c-]c(-c2ccc(C)cn2)cc1.Cc1cccnc1-c1[c-]cc(-c2cc3ccccc3c3ccccc23)cc1.[Ir]. The van der Waals surface area contributed by atoms with Gasteiger partial charge in [0.25, 0.3) is 0 Å². The van der Waals surface area contributed by atoms with Gasteiger partial charge in [-0.05, 0) is 58.4 Å². The Morgan fingerprint density at radius 3 is 1.98 bits per heavy atom. The van der Waals surface area contributed by atoms with Crippen LogP contribution in [-0.4, -0.2) is 9.97 Å².